The van der Waals surface area contributed by atoms with Crippen molar-refractivity contribution >= 4 is 13.6 Å². The van der Waals surface area contributed by atoms with Gasteiger partial charge in [0.05, 0.1) is 12.3 Å². The van der Waals surface area contributed by atoms with Crippen LogP contribution in [0.3, 0.4) is 0 Å². The SMILES string of the molecule is C=CCCCCCCCCC(=O)OCC(O)CP(=O)(O)O. The van der Waals surface area contributed by atoms with E-state index in [0.29, 0.717) is 0 Å². The molecule has 21 heavy (non-hydrogen) atoms. The van der Waals surface area contributed by atoms with Crippen LogP contribution in [0.4, 0.5) is 0 Å². The van der Waals surface area contributed by atoms with Gasteiger partial charge in [-0.2, -0.15) is 0 Å². The lowest BCUT2D eigenvalue weighted by Gasteiger charge is -2.12. The van der Waals surface area contributed by atoms with Crippen LogP contribution in [0.2, 0.25) is 0 Å². The molecule has 0 spiro atoms. The highest BCUT2D eigenvalue weighted by Crippen LogP contribution is 2.34. The quantitative estimate of drug-likeness (QED) is 0.208. The number of ether oxygens (including phenoxy) is 1. The lowest BCUT2D eigenvalue weighted by atomic mass is 10.1. The molecule has 0 aliphatic carbocycles. The number of hydrogen-bond donors (Lipinski definition) is 3. The number of aliphatic hydroxyl groups excluding tert-OH is 1. The molecule has 0 aliphatic heterocycles. The summed E-state index contributed by atoms with van der Waals surface area (Å²) in [5, 5.41) is 9.27. The molecule has 0 bridgehead atoms. The number of rotatable bonds is 13. The monoisotopic (exact) mass is 322 g/mol. The van der Waals surface area contributed by atoms with Gasteiger partial charge >= 0.3 is 13.6 Å². The highest BCUT2D eigenvalue weighted by atomic mass is 31.2. The molecule has 0 aromatic carbocycles. The van der Waals surface area contributed by atoms with Gasteiger partial charge in [-0.1, -0.05) is 31.8 Å². The third-order valence-corrected chi connectivity index (χ3v) is 3.82. The number of carbonyl (C=O) groups is 1. The first-order valence-electron chi connectivity index (χ1n) is 7.34. The standard InChI is InChI=1S/C14H27O6P/c1-2-3-4-5-6-7-8-9-10-14(16)20-11-13(15)12-21(17,18)19/h2,13,15H,1,3-12H2,(H2,17,18,19). The summed E-state index contributed by atoms with van der Waals surface area (Å²) in [5.74, 6) is -0.439. The molecule has 0 fully saturated rings. The van der Waals surface area contributed by atoms with Gasteiger partial charge in [-0.05, 0) is 19.3 Å². The molecule has 0 radical (unpaired) electrons. The number of unbranched alkanes of at least 4 members (excludes halogenated alkanes) is 6. The highest BCUT2D eigenvalue weighted by molar-refractivity contribution is 7.51. The van der Waals surface area contributed by atoms with E-state index >= 15 is 0 Å². The van der Waals surface area contributed by atoms with E-state index in [2.05, 4.69) is 6.58 Å². The molecule has 0 amide bonds. The molecular formula is C14H27O6P. The van der Waals surface area contributed by atoms with Crippen LogP contribution in [0.1, 0.15) is 51.4 Å². The van der Waals surface area contributed by atoms with Crippen molar-refractivity contribution in [3.8, 4) is 0 Å². The van der Waals surface area contributed by atoms with Crippen LogP contribution < -0.4 is 0 Å². The van der Waals surface area contributed by atoms with E-state index < -0.39 is 25.8 Å². The van der Waals surface area contributed by atoms with Crippen LogP contribution in [-0.2, 0) is 14.1 Å². The molecule has 3 N–H and O–H groups in total. The fourth-order valence-electron chi connectivity index (χ4n) is 1.85. The minimum Gasteiger partial charge on any atom is -0.463 e. The number of allylic oxidation sites excluding steroid dienone is 1. The third kappa shape index (κ3) is 15.5. The summed E-state index contributed by atoms with van der Waals surface area (Å²) in [4.78, 5) is 28.6. The Labute approximate surface area is 126 Å². The van der Waals surface area contributed by atoms with E-state index in [-0.39, 0.29) is 13.0 Å². The Bertz CT molecular complexity index is 338. The summed E-state index contributed by atoms with van der Waals surface area (Å²) >= 11 is 0. The van der Waals surface area contributed by atoms with Crippen molar-refractivity contribution in [1.82, 2.24) is 0 Å². The van der Waals surface area contributed by atoms with Gasteiger partial charge in [0.25, 0.3) is 0 Å². The van der Waals surface area contributed by atoms with Crippen LogP contribution in [-0.4, -0.2) is 39.7 Å². The van der Waals surface area contributed by atoms with Gasteiger partial charge in [0.15, 0.2) is 0 Å². The maximum absolute atomic E-state index is 11.3. The Morgan fingerprint density at radius 3 is 2.29 bits per heavy atom. The summed E-state index contributed by atoms with van der Waals surface area (Å²) < 4.78 is 15.4. The summed E-state index contributed by atoms with van der Waals surface area (Å²) in [6, 6.07) is 0. The number of aliphatic hydroxyl groups is 1. The number of esters is 1. The van der Waals surface area contributed by atoms with Gasteiger partial charge in [-0.3, -0.25) is 9.36 Å². The molecule has 0 saturated heterocycles. The van der Waals surface area contributed by atoms with Crippen molar-refractivity contribution in [2.75, 3.05) is 12.8 Å². The summed E-state index contributed by atoms with van der Waals surface area (Å²) in [7, 11) is -4.27. The smallest absolute Gasteiger partial charge is 0.328 e. The van der Waals surface area contributed by atoms with E-state index in [4.69, 9.17) is 14.5 Å². The van der Waals surface area contributed by atoms with E-state index in [9.17, 15) is 14.5 Å². The van der Waals surface area contributed by atoms with Gasteiger partial charge in [0.2, 0.25) is 0 Å². The molecule has 0 aromatic rings. The van der Waals surface area contributed by atoms with E-state index in [1.54, 1.807) is 0 Å². The normalized spacial score (nSPS) is 12.9. The van der Waals surface area contributed by atoms with Crippen molar-refractivity contribution < 1.29 is 29.0 Å². The fraction of sp³-hybridized carbons (Fsp3) is 0.786. The molecule has 7 heteroatoms. The van der Waals surface area contributed by atoms with Crippen LogP contribution in [0.25, 0.3) is 0 Å². The van der Waals surface area contributed by atoms with Gasteiger partial charge in [-0.15, -0.1) is 6.58 Å². The molecule has 0 aromatic heterocycles. The van der Waals surface area contributed by atoms with E-state index in [0.717, 1.165) is 38.5 Å². The van der Waals surface area contributed by atoms with Crippen LogP contribution in [0.15, 0.2) is 12.7 Å². The molecular weight excluding hydrogens is 295 g/mol. The number of carbonyl (C=O) groups excluding carboxylic acids is 1. The Kier molecular flexibility index (Phi) is 11.5. The predicted molar refractivity (Wildman–Crippen MR) is 81.0 cm³/mol. The Morgan fingerprint density at radius 1 is 1.14 bits per heavy atom. The van der Waals surface area contributed by atoms with Crippen molar-refractivity contribution in [3.63, 3.8) is 0 Å². The van der Waals surface area contributed by atoms with Crippen LogP contribution in [0, 0.1) is 0 Å². The molecule has 1 unspecified atom stereocenters. The first-order valence-corrected chi connectivity index (χ1v) is 9.14. The molecule has 1 atom stereocenters. The summed E-state index contributed by atoms with van der Waals surface area (Å²) in [6.45, 7) is 3.29. The third-order valence-electron chi connectivity index (χ3n) is 2.92. The summed E-state index contributed by atoms with van der Waals surface area (Å²) in [6.07, 6.45) is 7.45. The van der Waals surface area contributed by atoms with Crippen LogP contribution >= 0.6 is 7.60 Å². The molecule has 6 nitrogen and oxygen atoms in total. The maximum Gasteiger partial charge on any atom is 0.328 e. The first-order chi connectivity index (χ1) is 9.85. The van der Waals surface area contributed by atoms with Gasteiger partial charge in [0.1, 0.15) is 6.61 Å². The Balaban J connectivity index is 3.46. The maximum atomic E-state index is 11.3. The lowest BCUT2D eigenvalue weighted by molar-refractivity contribution is -0.146. The zero-order valence-corrected chi connectivity index (χ0v) is 13.3. The topological polar surface area (TPSA) is 104 Å². The second-order valence-electron chi connectivity index (χ2n) is 5.13. The minimum atomic E-state index is -4.27. The van der Waals surface area contributed by atoms with Crippen molar-refractivity contribution in [1.29, 1.82) is 0 Å². The van der Waals surface area contributed by atoms with Gasteiger partial charge in [-0.25, -0.2) is 0 Å². The Morgan fingerprint density at radius 2 is 1.71 bits per heavy atom. The zero-order chi connectivity index (χ0) is 16.1. The van der Waals surface area contributed by atoms with Gasteiger partial charge < -0.3 is 19.6 Å². The van der Waals surface area contributed by atoms with Crippen molar-refractivity contribution in [2.45, 2.75) is 57.5 Å². The summed E-state index contributed by atoms with van der Waals surface area (Å²) in [5.41, 5.74) is 0. The lowest BCUT2D eigenvalue weighted by Crippen LogP contribution is -2.22. The fourth-order valence-corrected chi connectivity index (χ4v) is 2.51. The molecule has 0 rings (SSSR count). The second kappa shape index (κ2) is 11.9. The second-order valence-corrected chi connectivity index (χ2v) is 6.83. The number of hydrogen-bond acceptors (Lipinski definition) is 4. The molecule has 0 heterocycles. The largest absolute Gasteiger partial charge is 0.463 e. The first kappa shape index (κ1) is 20.3. The van der Waals surface area contributed by atoms with Gasteiger partial charge in [0, 0.05) is 6.42 Å². The average Bonchev–Trinajstić information content (AvgIpc) is 2.37. The van der Waals surface area contributed by atoms with Crippen molar-refractivity contribution in [2.24, 2.45) is 0 Å². The van der Waals surface area contributed by atoms with Crippen LogP contribution in [0.5, 0.6) is 0 Å². The average molecular weight is 322 g/mol. The molecule has 124 valence electrons. The van der Waals surface area contributed by atoms with E-state index in [1.165, 1.54) is 6.42 Å². The zero-order valence-electron chi connectivity index (χ0n) is 12.4. The van der Waals surface area contributed by atoms with Crippen molar-refractivity contribution in [3.05, 3.63) is 12.7 Å². The minimum absolute atomic E-state index is 0.273. The van der Waals surface area contributed by atoms with E-state index in [1.807, 2.05) is 6.08 Å². The highest BCUT2D eigenvalue weighted by Gasteiger charge is 2.20. The molecule has 0 aliphatic rings. The predicted octanol–water partition coefficient (Wildman–Crippen LogP) is 2.38. The Hall–Kier alpha value is -0.680. The molecule has 0 saturated carbocycles.